The van der Waals surface area contributed by atoms with Gasteiger partial charge in [-0.05, 0) is 37.6 Å². The van der Waals surface area contributed by atoms with Crippen LogP contribution in [0.3, 0.4) is 0 Å². The number of benzene rings is 2. The fourth-order valence-corrected chi connectivity index (χ4v) is 3.27. The predicted molar refractivity (Wildman–Crippen MR) is 115 cm³/mol. The number of pyridine rings is 1. The Hall–Kier alpha value is -2.92. The van der Waals surface area contributed by atoms with Crippen LogP contribution in [0, 0.1) is 0 Å². The van der Waals surface area contributed by atoms with E-state index in [4.69, 9.17) is 16.3 Å². The summed E-state index contributed by atoms with van der Waals surface area (Å²) in [6, 6.07) is 16.3. The summed E-state index contributed by atoms with van der Waals surface area (Å²) >= 11 is 5.97. The molecular weight excluding hydrogens is 388 g/mol. The van der Waals surface area contributed by atoms with Gasteiger partial charge in [-0.3, -0.25) is 4.79 Å². The first-order chi connectivity index (χ1) is 14.0. The number of hydrogen-bond donors (Lipinski definition) is 1. The number of nitrogens with zero attached hydrogens (tertiary/aromatic N) is 1. The molecule has 1 aromatic heterocycles. The molecule has 0 aliphatic rings. The highest BCUT2D eigenvalue weighted by atomic mass is 35.5. The molecular formula is C23H23ClN2O3. The molecule has 2 aromatic carbocycles. The largest absolute Gasteiger partial charge is 0.452 e. The van der Waals surface area contributed by atoms with E-state index in [1.807, 2.05) is 43.3 Å². The zero-order valence-corrected chi connectivity index (χ0v) is 17.2. The molecule has 0 spiro atoms. The van der Waals surface area contributed by atoms with Gasteiger partial charge in [-0.2, -0.15) is 0 Å². The highest BCUT2D eigenvalue weighted by molar-refractivity contribution is 6.30. The van der Waals surface area contributed by atoms with Crippen molar-refractivity contribution in [2.24, 2.45) is 0 Å². The zero-order chi connectivity index (χ0) is 20.8. The number of nitrogens with one attached hydrogen (secondary N) is 1. The Morgan fingerprint density at radius 2 is 1.86 bits per heavy atom. The fourth-order valence-electron chi connectivity index (χ4n) is 3.14. The van der Waals surface area contributed by atoms with Gasteiger partial charge >= 0.3 is 5.97 Å². The maximum Gasteiger partial charge on any atom is 0.339 e. The molecule has 5 nitrogen and oxygen atoms in total. The summed E-state index contributed by atoms with van der Waals surface area (Å²) in [7, 11) is 0. The highest BCUT2D eigenvalue weighted by Gasteiger charge is 2.17. The summed E-state index contributed by atoms with van der Waals surface area (Å²) in [5.74, 6) is -0.868. The molecule has 0 fully saturated rings. The second-order valence-electron chi connectivity index (χ2n) is 6.91. The van der Waals surface area contributed by atoms with Crippen molar-refractivity contribution in [3.05, 3.63) is 65.2 Å². The molecule has 0 bridgehead atoms. The number of ether oxygens (including phenoxy) is 1. The summed E-state index contributed by atoms with van der Waals surface area (Å²) in [5, 5.41) is 4.12. The number of rotatable bonds is 7. The first-order valence-electron chi connectivity index (χ1n) is 9.60. The van der Waals surface area contributed by atoms with E-state index in [-0.39, 0.29) is 18.6 Å². The Bertz CT molecular complexity index is 1020. The lowest BCUT2D eigenvalue weighted by molar-refractivity contribution is -0.124. The van der Waals surface area contributed by atoms with Crippen LogP contribution in [0.15, 0.2) is 54.6 Å². The average molecular weight is 411 g/mol. The second-order valence-corrected chi connectivity index (χ2v) is 7.35. The van der Waals surface area contributed by atoms with Gasteiger partial charge in [0.15, 0.2) is 6.61 Å². The number of para-hydroxylation sites is 1. The van der Waals surface area contributed by atoms with Crippen LogP contribution in [0.1, 0.15) is 37.0 Å². The van der Waals surface area contributed by atoms with Crippen molar-refractivity contribution in [2.75, 3.05) is 6.61 Å². The number of halogens is 1. The monoisotopic (exact) mass is 410 g/mol. The van der Waals surface area contributed by atoms with Gasteiger partial charge in [0, 0.05) is 22.0 Å². The molecule has 1 amide bonds. The van der Waals surface area contributed by atoms with Crippen LogP contribution >= 0.6 is 11.6 Å². The third-order valence-electron chi connectivity index (χ3n) is 4.54. The second kappa shape index (κ2) is 9.52. The first kappa shape index (κ1) is 20.8. The minimum Gasteiger partial charge on any atom is -0.452 e. The molecule has 1 heterocycles. The lowest BCUT2D eigenvalue weighted by Crippen LogP contribution is -2.35. The minimum atomic E-state index is -0.558. The van der Waals surface area contributed by atoms with Gasteiger partial charge in [0.05, 0.1) is 16.8 Å². The van der Waals surface area contributed by atoms with Crippen LogP contribution in [0.2, 0.25) is 5.02 Å². The van der Waals surface area contributed by atoms with E-state index in [0.29, 0.717) is 27.2 Å². The SMILES string of the molecule is CCCC(C)NC(=O)COC(=O)c1cc(-c2ccc(Cl)cc2)nc2ccccc12. The van der Waals surface area contributed by atoms with Crippen LogP contribution in [0.5, 0.6) is 0 Å². The highest BCUT2D eigenvalue weighted by Crippen LogP contribution is 2.26. The Morgan fingerprint density at radius 1 is 1.14 bits per heavy atom. The van der Waals surface area contributed by atoms with Gasteiger partial charge in [-0.15, -0.1) is 0 Å². The van der Waals surface area contributed by atoms with E-state index in [9.17, 15) is 9.59 Å². The van der Waals surface area contributed by atoms with E-state index in [1.54, 1.807) is 18.2 Å². The molecule has 0 radical (unpaired) electrons. The van der Waals surface area contributed by atoms with Gasteiger partial charge in [0.2, 0.25) is 0 Å². The molecule has 1 atom stereocenters. The smallest absolute Gasteiger partial charge is 0.339 e. The lowest BCUT2D eigenvalue weighted by atomic mass is 10.0. The Balaban J connectivity index is 1.84. The summed E-state index contributed by atoms with van der Waals surface area (Å²) in [6.07, 6.45) is 1.84. The van der Waals surface area contributed by atoms with Crippen LogP contribution in [0.4, 0.5) is 0 Å². The molecule has 0 aliphatic heterocycles. The minimum absolute atomic E-state index is 0.0458. The van der Waals surface area contributed by atoms with E-state index in [1.165, 1.54) is 0 Å². The van der Waals surface area contributed by atoms with Crippen LogP contribution < -0.4 is 5.32 Å². The molecule has 29 heavy (non-hydrogen) atoms. The van der Waals surface area contributed by atoms with Crippen LogP contribution in [-0.2, 0) is 9.53 Å². The molecule has 0 saturated heterocycles. The Morgan fingerprint density at radius 3 is 2.59 bits per heavy atom. The number of aromatic nitrogens is 1. The molecule has 1 unspecified atom stereocenters. The Kier molecular flexibility index (Phi) is 6.83. The Labute approximate surface area is 175 Å². The standard InChI is InChI=1S/C23H23ClN2O3/c1-3-6-15(2)25-22(27)14-29-23(28)19-13-21(16-9-11-17(24)12-10-16)26-20-8-5-4-7-18(19)20/h4-5,7-13,15H,3,6,14H2,1-2H3,(H,25,27). The summed E-state index contributed by atoms with van der Waals surface area (Å²) in [4.78, 5) is 29.4. The number of amides is 1. The number of carbonyl (C=O) groups excluding carboxylic acids is 2. The lowest BCUT2D eigenvalue weighted by Gasteiger charge is -2.13. The molecule has 0 aliphatic carbocycles. The van der Waals surface area contributed by atoms with E-state index >= 15 is 0 Å². The number of fused-ring (bicyclic) bond motifs is 1. The molecule has 1 N–H and O–H groups in total. The molecule has 3 rings (SSSR count). The first-order valence-corrected chi connectivity index (χ1v) is 9.98. The normalized spacial score (nSPS) is 11.8. The summed E-state index contributed by atoms with van der Waals surface area (Å²) in [5.41, 5.74) is 2.51. The fraction of sp³-hybridized carbons (Fsp3) is 0.261. The molecule has 6 heteroatoms. The van der Waals surface area contributed by atoms with E-state index in [2.05, 4.69) is 17.2 Å². The molecule has 0 saturated carbocycles. The van der Waals surface area contributed by atoms with Gasteiger partial charge < -0.3 is 10.1 Å². The quantitative estimate of drug-likeness (QED) is 0.555. The van der Waals surface area contributed by atoms with Crippen molar-refractivity contribution >= 4 is 34.4 Å². The van der Waals surface area contributed by atoms with Gasteiger partial charge in [-0.25, -0.2) is 9.78 Å². The van der Waals surface area contributed by atoms with Crippen molar-refractivity contribution in [3.63, 3.8) is 0 Å². The van der Waals surface area contributed by atoms with Gasteiger partial charge in [0.25, 0.3) is 5.91 Å². The number of esters is 1. The van der Waals surface area contributed by atoms with Crippen molar-refractivity contribution < 1.29 is 14.3 Å². The van der Waals surface area contributed by atoms with Crippen molar-refractivity contribution in [1.82, 2.24) is 10.3 Å². The topological polar surface area (TPSA) is 68.3 Å². The van der Waals surface area contributed by atoms with Crippen LogP contribution in [-0.4, -0.2) is 29.5 Å². The van der Waals surface area contributed by atoms with Crippen LogP contribution in [0.25, 0.3) is 22.2 Å². The number of hydrogen-bond acceptors (Lipinski definition) is 4. The summed E-state index contributed by atoms with van der Waals surface area (Å²) < 4.78 is 5.29. The molecule has 150 valence electrons. The van der Waals surface area contributed by atoms with Gasteiger partial charge in [-0.1, -0.05) is 55.3 Å². The third kappa shape index (κ3) is 5.33. The summed E-state index contributed by atoms with van der Waals surface area (Å²) in [6.45, 7) is 3.66. The number of carbonyl (C=O) groups is 2. The average Bonchev–Trinajstić information content (AvgIpc) is 2.72. The molecule has 3 aromatic rings. The van der Waals surface area contributed by atoms with Crippen molar-refractivity contribution in [2.45, 2.75) is 32.7 Å². The van der Waals surface area contributed by atoms with E-state index in [0.717, 1.165) is 18.4 Å². The van der Waals surface area contributed by atoms with Gasteiger partial charge in [0.1, 0.15) is 0 Å². The maximum atomic E-state index is 12.8. The van der Waals surface area contributed by atoms with Crippen molar-refractivity contribution in [3.8, 4) is 11.3 Å². The van der Waals surface area contributed by atoms with E-state index < -0.39 is 5.97 Å². The zero-order valence-electron chi connectivity index (χ0n) is 16.4. The third-order valence-corrected chi connectivity index (χ3v) is 4.79. The predicted octanol–water partition coefficient (Wildman–Crippen LogP) is 5.02. The maximum absolute atomic E-state index is 12.8. The van der Waals surface area contributed by atoms with Crippen molar-refractivity contribution in [1.29, 1.82) is 0 Å².